The van der Waals surface area contributed by atoms with Crippen LogP contribution in [-0.4, -0.2) is 77.5 Å². The number of sulfonamides is 2. The van der Waals surface area contributed by atoms with E-state index in [-0.39, 0.29) is 29.4 Å². The molecule has 0 aliphatic carbocycles. The molecule has 1 unspecified atom stereocenters. The van der Waals surface area contributed by atoms with Crippen LogP contribution in [0.1, 0.15) is 34.6 Å². The van der Waals surface area contributed by atoms with Crippen molar-refractivity contribution in [3.8, 4) is 23.0 Å². The molecule has 12 heteroatoms. The second-order valence-electron chi connectivity index (χ2n) is 8.28. The average molecular weight is 557 g/mol. The Bertz CT molecular complexity index is 1280. The Labute approximate surface area is 220 Å². The molecule has 0 bridgehead atoms. The van der Waals surface area contributed by atoms with E-state index in [0.29, 0.717) is 49.4 Å². The maximum absolute atomic E-state index is 13.5. The standard InChI is InChI=1S/C25H36N2O8S2/c1-6-32-22-12-10-20(16-24(22)34-8-3)36(28,29)26-14-15-27(19(5)18-26)37(30,31)21-11-13-23(33-7-2)25(17-21)35-9-4/h10-13,16-17,19H,6-9,14-15,18H2,1-5H3. The molecule has 2 aromatic carbocycles. The van der Waals surface area contributed by atoms with Gasteiger partial charge in [0.2, 0.25) is 20.0 Å². The summed E-state index contributed by atoms with van der Waals surface area (Å²) in [4.78, 5) is 0.131. The van der Waals surface area contributed by atoms with Gasteiger partial charge in [-0.15, -0.1) is 0 Å². The third-order valence-corrected chi connectivity index (χ3v) is 9.67. The molecule has 1 atom stereocenters. The Kier molecular flexibility index (Phi) is 9.68. The number of rotatable bonds is 12. The number of hydrogen-bond acceptors (Lipinski definition) is 8. The van der Waals surface area contributed by atoms with Crippen molar-refractivity contribution < 1.29 is 35.8 Å². The van der Waals surface area contributed by atoms with E-state index in [1.165, 1.54) is 32.9 Å². The predicted molar refractivity (Wildman–Crippen MR) is 140 cm³/mol. The van der Waals surface area contributed by atoms with Crippen LogP contribution in [0.3, 0.4) is 0 Å². The van der Waals surface area contributed by atoms with Crippen LogP contribution in [0, 0.1) is 0 Å². The van der Waals surface area contributed by atoms with Crippen molar-refractivity contribution in [2.24, 2.45) is 0 Å². The fourth-order valence-corrected chi connectivity index (χ4v) is 7.31. The zero-order valence-electron chi connectivity index (χ0n) is 22.0. The number of ether oxygens (including phenoxy) is 4. The maximum Gasteiger partial charge on any atom is 0.243 e. The molecule has 2 aromatic rings. The smallest absolute Gasteiger partial charge is 0.243 e. The van der Waals surface area contributed by atoms with Crippen LogP contribution in [0.15, 0.2) is 46.2 Å². The van der Waals surface area contributed by atoms with Gasteiger partial charge in [0.1, 0.15) is 0 Å². The summed E-state index contributed by atoms with van der Waals surface area (Å²) >= 11 is 0. The van der Waals surface area contributed by atoms with Crippen LogP contribution >= 0.6 is 0 Å². The summed E-state index contributed by atoms with van der Waals surface area (Å²) < 4.78 is 78.7. The van der Waals surface area contributed by atoms with E-state index in [4.69, 9.17) is 18.9 Å². The number of hydrogen-bond donors (Lipinski definition) is 0. The summed E-state index contributed by atoms with van der Waals surface area (Å²) in [5, 5.41) is 0. The van der Waals surface area contributed by atoms with Gasteiger partial charge < -0.3 is 18.9 Å². The summed E-state index contributed by atoms with van der Waals surface area (Å²) in [6.07, 6.45) is 0. The van der Waals surface area contributed by atoms with Crippen molar-refractivity contribution in [3.05, 3.63) is 36.4 Å². The molecule has 0 N–H and O–H groups in total. The molecule has 1 aliphatic rings. The normalized spacial score (nSPS) is 17.4. The van der Waals surface area contributed by atoms with Crippen LogP contribution in [0.25, 0.3) is 0 Å². The van der Waals surface area contributed by atoms with Gasteiger partial charge in [-0.3, -0.25) is 0 Å². The highest BCUT2D eigenvalue weighted by Gasteiger charge is 2.38. The maximum atomic E-state index is 13.5. The first-order valence-corrected chi connectivity index (χ1v) is 15.3. The van der Waals surface area contributed by atoms with E-state index in [2.05, 4.69) is 0 Å². The lowest BCUT2D eigenvalue weighted by Gasteiger charge is -2.38. The lowest BCUT2D eigenvalue weighted by molar-refractivity contribution is 0.212. The second kappa shape index (κ2) is 12.3. The Balaban J connectivity index is 1.83. The molecule has 0 amide bonds. The van der Waals surface area contributed by atoms with E-state index in [0.717, 1.165) is 0 Å². The molecule has 0 spiro atoms. The number of benzene rings is 2. The van der Waals surface area contributed by atoms with Gasteiger partial charge in [0, 0.05) is 37.8 Å². The molecule has 3 rings (SSSR count). The van der Waals surface area contributed by atoms with E-state index < -0.39 is 26.1 Å². The molecule has 1 fully saturated rings. The zero-order chi connectivity index (χ0) is 27.2. The topological polar surface area (TPSA) is 112 Å². The SMILES string of the molecule is CCOc1ccc(S(=O)(=O)N2CCN(S(=O)(=O)c3ccc(OCC)c(OCC)c3)C(C)C2)cc1OCC. The van der Waals surface area contributed by atoms with Crippen LogP contribution < -0.4 is 18.9 Å². The first-order valence-electron chi connectivity index (χ1n) is 12.4. The fourth-order valence-electron chi connectivity index (χ4n) is 4.15. The molecular weight excluding hydrogens is 520 g/mol. The van der Waals surface area contributed by atoms with E-state index >= 15 is 0 Å². The minimum atomic E-state index is -3.90. The van der Waals surface area contributed by atoms with Gasteiger partial charge in [-0.05, 0) is 58.9 Å². The van der Waals surface area contributed by atoms with Gasteiger partial charge in [-0.25, -0.2) is 16.8 Å². The largest absolute Gasteiger partial charge is 0.490 e. The van der Waals surface area contributed by atoms with Crippen molar-refractivity contribution >= 4 is 20.0 Å². The lowest BCUT2D eigenvalue weighted by Crippen LogP contribution is -2.55. The van der Waals surface area contributed by atoms with Crippen LogP contribution in [0.4, 0.5) is 0 Å². The summed E-state index contributed by atoms with van der Waals surface area (Å²) in [7, 11) is -7.79. The van der Waals surface area contributed by atoms with E-state index in [1.807, 2.05) is 13.8 Å². The Morgan fingerprint density at radius 1 is 0.676 bits per heavy atom. The predicted octanol–water partition coefficient (Wildman–Crippen LogP) is 3.37. The second-order valence-corrected chi connectivity index (χ2v) is 12.1. The molecule has 206 valence electrons. The van der Waals surface area contributed by atoms with E-state index in [9.17, 15) is 16.8 Å². The molecule has 0 aromatic heterocycles. The summed E-state index contributed by atoms with van der Waals surface area (Å²) in [6.45, 7) is 10.5. The highest BCUT2D eigenvalue weighted by Crippen LogP contribution is 2.34. The third kappa shape index (κ3) is 6.31. The van der Waals surface area contributed by atoms with Gasteiger partial charge in [0.05, 0.1) is 36.2 Å². The highest BCUT2D eigenvalue weighted by molar-refractivity contribution is 7.89. The van der Waals surface area contributed by atoms with Crippen LogP contribution in [-0.2, 0) is 20.0 Å². The molecule has 10 nitrogen and oxygen atoms in total. The molecule has 0 radical (unpaired) electrons. The minimum absolute atomic E-state index is 0.00803. The summed E-state index contributed by atoms with van der Waals surface area (Å²) in [5.41, 5.74) is 0. The van der Waals surface area contributed by atoms with Gasteiger partial charge in [0.25, 0.3) is 0 Å². The third-order valence-electron chi connectivity index (χ3n) is 5.80. The molecule has 1 saturated heterocycles. The average Bonchev–Trinajstić information content (AvgIpc) is 2.86. The van der Waals surface area contributed by atoms with E-state index in [1.54, 1.807) is 32.9 Å². The van der Waals surface area contributed by atoms with Crippen LogP contribution in [0.5, 0.6) is 23.0 Å². The first kappa shape index (κ1) is 29.0. The molecule has 37 heavy (non-hydrogen) atoms. The molecule has 1 aliphatic heterocycles. The number of piperazine rings is 1. The monoisotopic (exact) mass is 556 g/mol. The molecule has 0 saturated carbocycles. The van der Waals surface area contributed by atoms with Crippen molar-refractivity contribution in [2.45, 2.75) is 50.5 Å². The Morgan fingerprint density at radius 3 is 1.54 bits per heavy atom. The summed E-state index contributed by atoms with van der Waals surface area (Å²) in [6, 6.07) is 8.42. The lowest BCUT2D eigenvalue weighted by atomic mass is 10.3. The van der Waals surface area contributed by atoms with Gasteiger partial charge >= 0.3 is 0 Å². The van der Waals surface area contributed by atoms with Gasteiger partial charge in [0.15, 0.2) is 23.0 Å². The zero-order valence-corrected chi connectivity index (χ0v) is 23.6. The summed E-state index contributed by atoms with van der Waals surface area (Å²) in [5.74, 6) is 1.63. The van der Waals surface area contributed by atoms with Gasteiger partial charge in [-0.2, -0.15) is 8.61 Å². The van der Waals surface area contributed by atoms with Gasteiger partial charge in [-0.1, -0.05) is 0 Å². The first-order chi connectivity index (χ1) is 17.6. The quantitative estimate of drug-likeness (QED) is 0.391. The number of nitrogens with zero attached hydrogens (tertiary/aromatic N) is 2. The fraction of sp³-hybridized carbons (Fsp3) is 0.520. The van der Waals surface area contributed by atoms with Crippen molar-refractivity contribution in [1.82, 2.24) is 8.61 Å². The Hall–Kier alpha value is -2.54. The highest BCUT2D eigenvalue weighted by atomic mass is 32.2. The molecular formula is C25H36N2O8S2. The van der Waals surface area contributed by atoms with Crippen molar-refractivity contribution in [3.63, 3.8) is 0 Å². The minimum Gasteiger partial charge on any atom is -0.490 e. The molecule has 1 heterocycles. The Morgan fingerprint density at radius 2 is 1.11 bits per heavy atom. The van der Waals surface area contributed by atoms with Crippen molar-refractivity contribution in [2.75, 3.05) is 46.1 Å². The van der Waals surface area contributed by atoms with Crippen molar-refractivity contribution in [1.29, 1.82) is 0 Å². The van der Waals surface area contributed by atoms with Crippen LogP contribution in [0.2, 0.25) is 0 Å².